The van der Waals surface area contributed by atoms with Crippen LogP contribution in [0.25, 0.3) is 25.6 Å². The fourth-order valence-corrected chi connectivity index (χ4v) is 4.75. The minimum atomic E-state index is -1.20. The van der Waals surface area contributed by atoms with Crippen molar-refractivity contribution in [2.75, 3.05) is 0 Å². The van der Waals surface area contributed by atoms with Crippen molar-refractivity contribution < 1.29 is 9.90 Å². The van der Waals surface area contributed by atoms with Gasteiger partial charge in [-0.05, 0) is 41.8 Å². The maximum Gasteiger partial charge on any atom is 0.346 e. The lowest BCUT2D eigenvalue weighted by Gasteiger charge is -1.91. The van der Waals surface area contributed by atoms with E-state index in [0.717, 1.165) is 14.6 Å². The highest BCUT2D eigenvalue weighted by molar-refractivity contribution is 7.26. The van der Waals surface area contributed by atoms with Crippen LogP contribution in [-0.2, 0) is 4.79 Å². The Hall–Kier alpha value is -2.20. The van der Waals surface area contributed by atoms with Crippen LogP contribution in [0.1, 0.15) is 4.88 Å². The first-order chi connectivity index (χ1) is 10.7. The van der Waals surface area contributed by atoms with Crippen LogP contribution < -0.4 is 0 Å². The van der Waals surface area contributed by atoms with Gasteiger partial charge in [0.05, 0.1) is 0 Å². The smallest absolute Gasteiger partial charge is 0.346 e. The Balaban J connectivity index is 1.89. The molecule has 0 bridgehead atoms. The predicted octanol–water partition coefficient (Wildman–Crippen LogP) is 5.20. The molecule has 0 aliphatic rings. The number of hydrogen-bond acceptors (Lipinski definition) is 5. The van der Waals surface area contributed by atoms with Crippen LogP contribution in [0, 0.1) is 11.3 Å². The average molecular weight is 343 g/mol. The summed E-state index contributed by atoms with van der Waals surface area (Å²) in [7, 11) is 0. The number of carboxylic acids is 1. The van der Waals surface area contributed by atoms with Crippen LogP contribution >= 0.6 is 34.0 Å². The van der Waals surface area contributed by atoms with Crippen LogP contribution in [0.4, 0.5) is 0 Å². The minimum Gasteiger partial charge on any atom is -0.477 e. The molecule has 0 aromatic carbocycles. The van der Waals surface area contributed by atoms with E-state index in [0.29, 0.717) is 0 Å². The maximum atomic E-state index is 10.9. The van der Waals surface area contributed by atoms with Crippen molar-refractivity contribution >= 4 is 46.1 Å². The Morgan fingerprint density at radius 2 is 1.73 bits per heavy atom. The Morgan fingerprint density at radius 3 is 2.36 bits per heavy atom. The SMILES string of the molecule is N#C/C(=C\c1ccc(-c2ccc(-c3cccs3)s2)s1)C(=O)O. The van der Waals surface area contributed by atoms with E-state index >= 15 is 0 Å². The molecule has 3 nitrogen and oxygen atoms in total. The molecule has 0 aliphatic heterocycles. The second-order valence-electron chi connectivity index (χ2n) is 4.32. The number of carboxylic acid groups (broad SMARTS) is 1. The van der Waals surface area contributed by atoms with Crippen molar-refractivity contribution in [3.8, 4) is 25.6 Å². The van der Waals surface area contributed by atoms with Crippen LogP contribution in [0.3, 0.4) is 0 Å². The number of thiophene rings is 3. The molecule has 0 atom stereocenters. The molecule has 0 radical (unpaired) electrons. The summed E-state index contributed by atoms with van der Waals surface area (Å²) >= 11 is 4.89. The van der Waals surface area contributed by atoms with Crippen molar-refractivity contribution in [1.29, 1.82) is 5.26 Å². The molecule has 6 heteroatoms. The molecule has 0 aliphatic carbocycles. The molecule has 3 aromatic rings. The summed E-state index contributed by atoms with van der Waals surface area (Å²) in [6, 6.07) is 13.8. The molecule has 0 saturated heterocycles. The van der Waals surface area contributed by atoms with Gasteiger partial charge in [0, 0.05) is 24.4 Å². The molecule has 108 valence electrons. The van der Waals surface area contributed by atoms with E-state index in [1.165, 1.54) is 27.2 Å². The van der Waals surface area contributed by atoms with E-state index in [-0.39, 0.29) is 5.57 Å². The highest BCUT2D eigenvalue weighted by Crippen LogP contribution is 2.39. The average Bonchev–Trinajstić information content (AvgIpc) is 3.22. The minimum absolute atomic E-state index is 0.251. The third kappa shape index (κ3) is 3.02. The van der Waals surface area contributed by atoms with Gasteiger partial charge in [0.1, 0.15) is 11.6 Å². The number of rotatable bonds is 4. The van der Waals surface area contributed by atoms with Crippen molar-refractivity contribution in [3.05, 3.63) is 52.2 Å². The Labute approximate surface area is 139 Å². The molecular formula is C16H9NO2S3. The van der Waals surface area contributed by atoms with Crippen LogP contribution in [0.2, 0.25) is 0 Å². The van der Waals surface area contributed by atoms with Gasteiger partial charge >= 0.3 is 5.97 Å². The zero-order valence-corrected chi connectivity index (χ0v) is 13.6. The van der Waals surface area contributed by atoms with Crippen molar-refractivity contribution in [2.45, 2.75) is 0 Å². The van der Waals surface area contributed by atoms with E-state index in [1.807, 2.05) is 18.2 Å². The summed E-state index contributed by atoms with van der Waals surface area (Å²) in [4.78, 5) is 16.3. The van der Waals surface area contributed by atoms with Gasteiger partial charge in [0.2, 0.25) is 0 Å². The van der Waals surface area contributed by atoms with Gasteiger partial charge in [-0.15, -0.1) is 34.0 Å². The molecular weight excluding hydrogens is 334 g/mol. The van der Waals surface area contributed by atoms with Crippen LogP contribution in [0.5, 0.6) is 0 Å². The predicted molar refractivity (Wildman–Crippen MR) is 92.2 cm³/mol. The van der Waals surface area contributed by atoms with E-state index in [1.54, 1.807) is 28.7 Å². The van der Waals surface area contributed by atoms with Gasteiger partial charge in [0.15, 0.2) is 0 Å². The second-order valence-corrected chi connectivity index (χ2v) is 7.47. The van der Waals surface area contributed by atoms with Crippen LogP contribution in [0.15, 0.2) is 47.4 Å². The fraction of sp³-hybridized carbons (Fsp3) is 0. The second kappa shape index (κ2) is 6.28. The fourth-order valence-electron chi connectivity index (χ4n) is 1.87. The van der Waals surface area contributed by atoms with Gasteiger partial charge in [0.25, 0.3) is 0 Å². The standard InChI is InChI=1S/C16H9NO2S3/c17-9-10(16(18)19)8-11-3-4-14(21-11)15-6-5-13(22-15)12-2-1-7-20-12/h1-8H,(H,18,19)/b10-8+. The van der Waals surface area contributed by atoms with Crippen molar-refractivity contribution in [1.82, 2.24) is 0 Å². The van der Waals surface area contributed by atoms with E-state index in [2.05, 4.69) is 23.6 Å². The summed E-state index contributed by atoms with van der Waals surface area (Å²) in [5, 5.41) is 19.7. The first-order valence-electron chi connectivity index (χ1n) is 6.26. The normalized spacial score (nSPS) is 11.3. The van der Waals surface area contributed by atoms with E-state index in [4.69, 9.17) is 10.4 Å². The number of hydrogen-bond donors (Lipinski definition) is 1. The molecule has 22 heavy (non-hydrogen) atoms. The topological polar surface area (TPSA) is 61.1 Å². The highest BCUT2D eigenvalue weighted by Gasteiger charge is 2.10. The van der Waals surface area contributed by atoms with Crippen molar-refractivity contribution in [3.63, 3.8) is 0 Å². The molecule has 0 fully saturated rings. The zero-order chi connectivity index (χ0) is 15.5. The third-order valence-electron chi connectivity index (χ3n) is 2.88. The number of nitriles is 1. The number of carbonyl (C=O) groups is 1. The first kappa shape index (κ1) is 14.7. The lowest BCUT2D eigenvalue weighted by atomic mass is 10.2. The number of aliphatic carboxylic acids is 1. The number of nitrogens with zero attached hydrogens (tertiary/aromatic N) is 1. The molecule has 1 N–H and O–H groups in total. The largest absolute Gasteiger partial charge is 0.477 e. The Kier molecular flexibility index (Phi) is 4.20. The summed E-state index contributed by atoms with van der Waals surface area (Å²) in [6.07, 6.45) is 1.41. The van der Waals surface area contributed by atoms with E-state index in [9.17, 15) is 4.79 Å². The molecule has 0 saturated carbocycles. The van der Waals surface area contributed by atoms with Gasteiger partial charge in [-0.25, -0.2) is 4.79 Å². The summed E-state index contributed by atoms with van der Waals surface area (Å²) in [5.41, 5.74) is -0.251. The molecule has 0 spiro atoms. The lowest BCUT2D eigenvalue weighted by Crippen LogP contribution is -1.96. The van der Waals surface area contributed by atoms with Gasteiger partial charge in [-0.2, -0.15) is 5.26 Å². The Bertz CT molecular complexity index is 879. The summed E-state index contributed by atoms with van der Waals surface area (Å²) in [5.74, 6) is -1.20. The van der Waals surface area contributed by atoms with Crippen LogP contribution in [-0.4, -0.2) is 11.1 Å². The van der Waals surface area contributed by atoms with Gasteiger partial charge in [-0.1, -0.05) is 6.07 Å². The zero-order valence-electron chi connectivity index (χ0n) is 11.1. The Morgan fingerprint density at radius 1 is 1.05 bits per heavy atom. The summed E-state index contributed by atoms with van der Waals surface area (Å²) < 4.78 is 0. The molecule has 3 heterocycles. The van der Waals surface area contributed by atoms with Gasteiger partial charge < -0.3 is 5.11 Å². The molecule has 3 rings (SSSR count). The lowest BCUT2D eigenvalue weighted by molar-refractivity contribution is -0.132. The first-order valence-corrected chi connectivity index (χ1v) is 8.77. The van der Waals surface area contributed by atoms with Crippen molar-refractivity contribution in [2.24, 2.45) is 0 Å². The molecule has 0 amide bonds. The van der Waals surface area contributed by atoms with E-state index < -0.39 is 5.97 Å². The molecule has 0 unspecified atom stereocenters. The molecule has 3 aromatic heterocycles. The monoisotopic (exact) mass is 343 g/mol. The maximum absolute atomic E-state index is 10.9. The quantitative estimate of drug-likeness (QED) is 0.523. The van der Waals surface area contributed by atoms with Gasteiger partial charge in [-0.3, -0.25) is 0 Å². The highest BCUT2D eigenvalue weighted by atomic mass is 32.1. The third-order valence-corrected chi connectivity index (χ3v) is 6.26. The summed E-state index contributed by atoms with van der Waals surface area (Å²) in [6.45, 7) is 0.